The maximum Gasteiger partial charge on any atom is 0.494 e. The number of halogens is 2. The minimum Gasteiger partial charge on any atom is -0.399 e. The molecule has 2 aromatic rings. The lowest BCUT2D eigenvalue weighted by molar-refractivity contribution is 0.00578. The van der Waals surface area contributed by atoms with E-state index in [1.165, 1.54) is 11.8 Å². The Balaban J connectivity index is 0.00000280. The second-order valence-corrected chi connectivity index (χ2v) is 8.92. The number of aromatic nitrogens is 1. The summed E-state index contributed by atoms with van der Waals surface area (Å²) in [5, 5.41) is 10.8. The first-order valence-electron chi connectivity index (χ1n) is 8.79. The number of pyridine rings is 1. The van der Waals surface area contributed by atoms with Crippen molar-refractivity contribution in [3.05, 3.63) is 46.6 Å². The number of rotatable bonds is 5. The Kier molecular flexibility index (Phi) is 7.48. The molecule has 1 aliphatic rings. The molecule has 5 nitrogen and oxygen atoms in total. The van der Waals surface area contributed by atoms with Crippen molar-refractivity contribution in [2.45, 2.75) is 62.0 Å². The number of aliphatic hydroxyl groups is 1. The lowest BCUT2D eigenvalue weighted by atomic mass is 9.78. The van der Waals surface area contributed by atoms with Crippen LogP contribution in [0.25, 0.3) is 0 Å². The quantitative estimate of drug-likeness (QED) is 0.689. The Morgan fingerprint density at radius 3 is 2.39 bits per heavy atom. The van der Waals surface area contributed by atoms with Crippen LogP contribution in [0, 0.1) is 0 Å². The fourth-order valence-electron chi connectivity index (χ4n) is 2.79. The molecule has 0 bridgehead atoms. The van der Waals surface area contributed by atoms with Gasteiger partial charge in [0.25, 0.3) is 0 Å². The van der Waals surface area contributed by atoms with Gasteiger partial charge in [0.2, 0.25) is 0 Å². The van der Waals surface area contributed by atoms with Crippen LogP contribution >= 0.6 is 35.8 Å². The van der Waals surface area contributed by atoms with Gasteiger partial charge in [-0.2, -0.15) is 0 Å². The van der Waals surface area contributed by atoms with Crippen molar-refractivity contribution < 1.29 is 14.4 Å². The van der Waals surface area contributed by atoms with Gasteiger partial charge in [0.15, 0.2) is 0 Å². The second-order valence-electron chi connectivity index (χ2n) is 7.51. The molecule has 1 aromatic heterocycles. The van der Waals surface area contributed by atoms with Gasteiger partial charge in [0, 0.05) is 23.2 Å². The van der Waals surface area contributed by atoms with Crippen LogP contribution in [0.3, 0.4) is 0 Å². The molecule has 28 heavy (non-hydrogen) atoms. The highest BCUT2D eigenvalue weighted by molar-refractivity contribution is 7.99. The zero-order chi connectivity index (χ0) is 19.8. The summed E-state index contributed by atoms with van der Waals surface area (Å²) in [6, 6.07) is 7.46. The molecule has 1 saturated heterocycles. The molecule has 3 N–H and O–H groups in total. The minimum atomic E-state index is -0.500. The number of aliphatic hydroxyl groups excluding tert-OH is 1. The molecule has 0 spiro atoms. The molecule has 0 aliphatic carbocycles. The third-order valence-electron chi connectivity index (χ3n) is 5.11. The van der Waals surface area contributed by atoms with Crippen LogP contribution in [0.2, 0.25) is 5.02 Å². The van der Waals surface area contributed by atoms with E-state index in [-0.39, 0.29) is 19.0 Å². The van der Waals surface area contributed by atoms with Gasteiger partial charge in [-0.15, -0.1) is 12.4 Å². The van der Waals surface area contributed by atoms with Gasteiger partial charge >= 0.3 is 7.12 Å². The van der Waals surface area contributed by atoms with Crippen LogP contribution in [-0.2, 0) is 22.5 Å². The molecule has 3 rings (SSSR count). The van der Waals surface area contributed by atoms with Crippen molar-refractivity contribution in [2.24, 2.45) is 5.73 Å². The number of hydrogen-bond donors (Lipinski definition) is 2. The number of benzene rings is 1. The summed E-state index contributed by atoms with van der Waals surface area (Å²) in [6.07, 6.45) is 1.69. The van der Waals surface area contributed by atoms with Gasteiger partial charge in [-0.3, -0.25) is 0 Å². The second kappa shape index (κ2) is 8.92. The summed E-state index contributed by atoms with van der Waals surface area (Å²) < 4.78 is 12.3. The van der Waals surface area contributed by atoms with E-state index in [0.29, 0.717) is 16.6 Å². The van der Waals surface area contributed by atoms with Gasteiger partial charge < -0.3 is 20.1 Å². The SMILES string of the molecule is CC1(C)OB(c2cc(Cl)c(Sc3ncccc3CO)c(CN)c2)OC1(C)C.Cl. The fraction of sp³-hybridized carbons (Fsp3) is 0.421. The van der Waals surface area contributed by atoms with Gasteiger partial charge in [-0.25, -0.2) is 4.98 Å². The normalized spacial score (nSPS) is 17.5. The average Bonchev–Trinajstić information content (AvgIpc) is 2.84. The maximum absolute atomic E-state index is 9.53. The number of hydrogen-bond acceptors (Lipinski definition) is 6. The summed E-state index contributed by atoms with van der Waals surface area (Å²) in [6.45, 7) is 8.29. The van der Waals surface area contributed by atoms with E-state index in [0.717, 1.165) is 21.5 Å². The molecule has 1 fully saturated rings. The molecule has 0 unspecified atom stereocenters. The van der Waals surface area contributed by atoms with Gasteiger partial charge in [-0.05, 0) is 50.9 Å². The van der Waals surface area contributed by atoms with Gasteiger partial charge in [-0.1, -0.05) is 35.5 Å². The summed E-state index contributed by atoms with van der Waals surface area (Å²) in [5.41, 5.74) is 7.61. The standard InChI is InChI=1S/C19H24BClN2O3S.ClH/c1-18(2)19(3,4)26-20(25-18)14-8-13(10-22)16(15(21)9-14)27-17-12(11-24)6-5-7-23-17;/h5-9,24H,10-11,22H2,1-4H3;1H. The summed E-state index contributed by atoms with van der Waals surface area (Å²) in [7, 11) is -0.500. The Morgan fingerprint density at radius 1 is 1.18 bits per heavy atom. The number of nitrogens with zero attached hydrogens (tertiary/aromatic N) is 1. The topological polar surface area (TPSA) is 77.6 Å². The molecule has 152 valence electrons. The van der Waals surface area contributed by atoms with Crippen LogP contribution in [0.15, 0.2) is 40.4 Å². The zero-order valence-corrected chi connectivity index (χ0v) is 18.7. The molecule has 0 amide bonds. The molecule has 0 radical (unpaired) electrons. The maximum atomic E-state index is 9.53. The van der Waals surface area contributed by atoms with Crippen LogP contribution < -0.4 is 11.2 Å². The highest BCUT2D eigenvalue weighted by Gasteiger charge is 2.51. The predicted octanol–water partition coefficient (Wildman–Crippen LogP) is 3.56. The highest BCUT2D eigenvalue weighted by Crippen LogP contribution is 2.39. The Labute approximate surface area is 181 Å². The molecule has 0 atom stereocenters. The molecule has 0 saturated carbocycles. The lowest BCUT2D eigenvalue weighted by Crippen LogP contribution is -2.41. The van der Waals surface area contributed by atoms with Gasteiger partial charge in [0.1, 0.15) is 5.03 Å². The van der Waals surface area contributed by atoms with Crippen LogP contribution in [0.5, 0.6) is 0 Å². The Bertz CT molecular complexity index is 836. The molecular formula is C19H25BCl2N2O3S. The van der Waals surface area contributed by atoms with E-state index in [9.17, 15) is 5.11 Å². The van der Waals surface area contributed by atoms with E-state index >= 15 is 0 Å². The predicted molar refractivity (Wildman–Crippen MR) is 117 cm³/mol. The van der Waals surface area contributed by atoms with E-state index in [1.54, 1.807) is 12.3 Å². The van der Waals surface area contributed by atoms with E-state index in [2.05, 4.69) is 4.98 Å². The minimum absolute atomic E-state index is 0. The van der Waals surface area contributed by atoms with Gasteiger partial charge in [0.05, 0.1) is 22.8 Å². The molecular weight excluding hydrogens is 418 g/mol. The molecule has 1 aliphatic heterocycles. The van der Waals surface area contributed by atoms with Crippen molar-refractivity contribution in [2.75, 3.05) is 0 Å². The van der Waals surface area contributed by atoms with Crippen molar-refractivity contribution >= 4 is 48.4 Å². The number of nitrogens with two attached hydrogens (primary N) is 1. The van der Waals surface area contributed by atoms with Crippen LogP contribution in [0.4, 0.5) is 0 Å². The first-order valence-corrected chi connectivity index (χ1v) is 9.98. The summed E-state index contributed by atoms with van der Waals surface area (Å²) in [5.74, 6) is 0. The van der Waals surface area contributed by atoms with Crippen molar-refractivity contribution in [1.29, 1.82) is 0 Å². The first kappa shape index (κ1) is 23.5. The van der Waals surface area contributed by atoms with Crippen molar-refractivity contribution in [3.63, 3.8) is 0 Å². The zero-order valence-electron chi connectivity index (χ0n) is 16.4. The van der Waals surface area contributed by atoms with E-state index < -0.39 is 18.3 Å². The highest BCUT2D eigenvalue weighted by atomic mass is 35.5. The van der Waals surface area contributed by atoms with Crippen molar-refractivity contribution in [1.82, 2.24) is 4.98 Å². The first-order chi connectivity index (χ1) is 12.7. The lowest BCUT2D eigenvalue weighted by Gasteiger charge is -2.32. The third-order valence-corrected chi connectivity index (χ3v) is 6.76. The van der Waals surface area contributed by atoms with Crippen molar-refractivity contribution in [3.8, 4) is 0 Å². The monoisotopic (exact) mass is 442 g/mol. The molecule has 2 heterocycles. The molecule has 9 heteroatoms. The largest absolute Gasteiger partial charge is 0.494 e. The summed E-state index contributed by atoms with van der Waals surface area (Å²) >= 11 is 8.00. The molecule has 1 aromatic carbocycles. The Hall–Kier alpha value is -0.795. The average molecular weight is 443 g/mol. The third kappa shape index (κ3) is 4.51. The fourth-order valence-corrected chi connectivity index (χ4v) is 4.15. The summed E-state index contributed by atoms with van der Waals surface area (Å²) in [4.78, 5) is 5.18. The van der Waals surface area contributed by atoms with E-state index in [4.69, 9.17) is 26.6 Å². The Morgan fingerprint density at radius 2 is 1.82 bits per heavy atom. The smallest absolute Gasteiger partial charge is 0.399 e. The van der Waals surface area contributed by atoms with E-state index in [1.807, 2.05) is 45.9 Å². The van der Waals surface area contributed by atoms with Crippen LogP contribution in [0.1, 0.15) is 38.8 Å². The van der Waals surface area contributed by atoms with Crippen LogP contribution in [-0.4, -0.2) is 28.4 Å².